The summed E-state index contributed by atoms with van der Waals surface area (Å²) in [6.45, 7) is 2.00. The van der Waals surface area contributed by atoms with E-state index in [-0.39, 0.29) is 17.3 Å². The zero-order valence-electron chi connectivity index (χ0n) is 11.9. The molecule has 0 saturated heterocycles. The minimum atomic E-state index is -0.198. The number of aromatic nitrogens is 2. The SMILES string of the molecule is Cc1ccc(-n2cnc3c2C(=O)c2ccccc2C3=O)cc1. The number of imidazole rings is 1. The zero-order valence-corrected chi connectivity index (χ0v) is 11.9. The van der Waals surface area contributed by atoms with E-state index in [1.165, 1.54) is 6.33 Å². The number of carbonyl (C=O) groups excluding carboxylic acids is 2. The van der Waals surface area contributed by atoms with Crippen molar-refractivity contribution in [1.82, 2.24) is 9.55 Å². The van der Waals surface area contributed by atoms with Gasteiger partial charge in [-0.25, -0.2) is 4.98 Å². The Bertz CT molecular complexity index is 921. The Morgan fingerprint density at radius 3 is 2.18 bits per heavy atom. The van der Waals surface area contributed by atoms with Crippen molar-refractivity contribution in [2.45, 2.75) is 6.92 Å². The van der Waals surface area contributed by atoms with Gasteiger partial charge in [-0.15, -0.1) is 0 Å². The van der Waals surface area contributed by atoms with E-state index in [1.807, 2.05) is 31.2 Å². The van der Waals surface area contributed by atoms with Gasteiger partial charge in [0.15, 0.2) is 0 Å². The van der Waals surface area contributed by atoms with Crippen molar-refractivity contribution in [2.24, 2.45) is 0 Å². The molecule has 0 bridgehead atoms. The molecular formula is C18H12N2O2. The van der Waals surface area contributed by atoms with E-state index in [0.29, 0.717) is 16.8 Å². The normalized spacial score (nSPS) is 13.0. The maximum absolute atomic E-state index is 12.8. The second-order valence-electron chi connectivity index (χ2n) is 5.35. The third kappa shape index (κ3) is 1.67. The zero-order chi connectivity index (χ0) is 15.3. The molecule has 1 aromatic heterocycles. The molecule has 1 aliphatic carbocycles. The van der Waals surface area contributed by atoms with Crippen LogP contribution in [-0.2, 0) is 0 Å². The highest BCUT2D eigenvalue weighted by atomic mass is 16.1. The molecule has 22 heavy (non-hydrogen) atoms. The number of fused-ring (bicyclic) bond motifs is 2. The van der Waals surface area contributed by atoms with E-state index >= 15 is 0 Å². The Hall–Kier alpha value is -3.01. The molecule has 0 fully saturated rings. The number of nitrogens with zero attached hydrogens (tertiary/aromatic N) is 2. The van der Waals surface area contributed by atoms with Gasteiger partial charge in [0, 0.05) is 16.8 Å². The van der Waals surface area contributed by atoms with Crippen molar-refractivity contribution >= 4 is 11.6 Å². The van der Waals surface area contributed by atoms with Gasteiger partial charge in [-0.2, -0.15) is 0 Å². The average molecular weight is 288 g/mol. The van der Waals surface area contributed by atoms with Crippen LogP contribution in [0.5, 0.6) is 0 Å². The summed E-state index contributed by atoms with van der Waals surface area (Å²) in [4.78, 5) is 29.5. The quantitative estimate of drug-likeness (QED) is 0.541. The van der Waals surface area contributed by atoms with Crippen molar-refractivity contribution in [3.8, 4) is 5.69 Å². The van der Waals surface area contributed by atoms with Gasteiger partial charge in [0.05, 0.1) is 0 Å². The molecule has 4 rings (SSSR count). The average Bonchev–Trinajstić information content (AvgIpc) is 2.99. The van der Waals surface area contributed by atoms with E-state index in [0.717, 1.165) is 11.3 Å². The van der Waals surface area contributed by atoms with E-state index in [2.05, 4.69) is 4.98 Å². The summed E-state index contributed by atoms with van der Waals surface area (Å²) in [5, 5.41) is 0. The van der Waals surface area contributed by atoms with Crippen molar-refractivity contribution in [3.05, 3.63) is 82.9 Å². The number of aryl methyl sites for hydroxylation is 1. The van der Waals surface area contributed by atoms with Gasteiger partial charge in [0.25, 0.3) is 0 Å². The second kappa shape index (κ2) is 4.49. The molecule has 1 aliphatic rings. The van der Waals surface area contributed by atoms with Gasteiger partial charge in [-0.1, -0.05) is 42.0 Å². The van der Waals surface area contributed by atoms with E-state index in [9.17, 15) is 9.59 Å². The Kier molecular flexibility index (Phi) is 2.60. The van der Waals surface area contributed by atoms with Crippen molar-refractivity contribution < 1.29 is 9.59 Å². The molecule has 0 saturated carbocycles. The van der Waals surface area contributed by atoms with Crippen molar-refractivity contribution in [1.29, 1.82) is 0 Å². The summed E-state index contributed by atoms with van der Waals surface area (Å²) in [5.41, 5.74) is 3.38. The molecule has 2 aromatic carbocycles. The number of hydrogen-bond acceptors (Lipinski definition) is 3. The Labute approximate surface area is 127 Å². The third-order valence-corrected chi connectivity index (χ3v) is 3.93. The van der Waals surface area contributed by atoms with E-state index < -0.39 is 0 Å². The van der Waals surface area contributed by atoms with Crippen LogP contribution in [0.3, 0.4) is 0 Å². The summed E-state index contributed by atoms with van der Waals surface area (Å²) >= 11 is 0. The first-order valence-electron chi connectivity index (χ1n) is 6.99. The molecular weight excluding hydrogens is 276 g/mol. The van der Waals surface area contributed by atoms with Crippen molar-refractivity contribution in [3.63, 3.8) is 0 Å². The molecule has 3 aromatic rings. The van der Waals surface area contributed by atoms with Gasteiger partial charge in [0.2, 0.25) is 11.6 Å². The fraction of sp³-hybridized carbons (Fsp3) is 0.0556. The molecule has 1 heterocycles. The predicted molar refractivity (Wildman–Crippen MR) is 81.6 cm³/mol. The monoisotopic (exact) mass is 288 g/mol. The van der Waals surface area contributed by atoms with Crippen molar-refractivity contribution in [2.75, 3.05) is 0 Å². The summed E-state index contributed by atoms with van der Waals surface area (Å²) in [6, 6.07) is 14.6. The van der Waals surface area contributed by atoms with Crippen LogP contribution >= 0.6 is 0 Å². The van der Waals surface area contributed by atoms with Crippen LogP contribution in [0.15, 0.2) is 54.9 Å². The lowest BCUT2D eigenvalue weighted by molar-refractivity contribution is 0.0972. The number of hydrogen-bond donors (Lipinski definition) is 0. The third-order valence-electron chi connectivity index (χ3n) is 3.93. The highest BCUT2D eigenvalue weighted by Crippen LogP contribution is 2.28. The molecule has 0 atom stereocenters. The van der Waals surface area contributed by atoms with E-state index in [1.54, 1.807) is 28.8 Å². The Morgan fingerprint density at radius 2 is 1.50 bits per heavy atom. The molecule has 106 valence electrons. The minimum absolute atomic E-state index is 0.164. The van der Waals surface area contributed by atoms with Gasteiger partial charge >= 0.3 is 0 Å². The van der Waals surface area contributed by atoms with E-state index in [4.69, 9.17) is 0 Å². The summed E-state index contributed by atoms with van der Waals surface area (Å²) in [7, 11) is 0. The van der Waals surface area contributed by atoms with Crippen LogP contribution < -0.4 is 0 Å². The number of carbonyl (C=O) groups is 2. The molecule has 0 aliphatic heterocycles. The Morgan fingerprint density at radius 1 is 0.864 bits per heavy atom. The standard InChI is InChI=1S/C18H12N2O2/c1-11-6-8-12(9-7-11)20-10-19-15-16(20)18(22)14-5-3-2-4-13(14)17(15)21/h2-10H,1H3. The molecule has 0 radical (unpaired) electrons. The fourth-order valence-electron chi connectivity index (χ4n) is 2.77. The van der Waals surface area contributed by atoms with Crippen LogP contribution in [-0.4, -0.2) is 21.1 Å². The molecule has 4 nitrogen and oxygen atoms in total. The minimum Gasteiger partial charge on any atom is -0.295 e. The van der Waals surface area contributed by atoms with Gasteiger partial charge < -0.3 is 0 Å². The fourth-order valence-corrected chi connectivity index (χ4v) is 2.77. The van der Waals surface area contributed by atoms with Crippen LogP contribution in [0.2, 0.25) is 0 Å². The summed E-state index contributed by atoms with van der Waals surface area (Å²) in [6.07, 6.45) is 1.54. The lowest BCUT2D eigenvalue weighted by Gasteiger charge is -2.15. The number of rotatable bonds is 1. The van der Waals surface area contributed by atoms with Gasteiger partial charge in [-0.05, 0) is 19.1 Å². The lowest BCUT2D eigenvalue weighted by Crippen LogP contribution is -2.22. The first-order valence-corrected chi connectivity index (χ1v) is 6.99. The van der Waals surface area contributed by atoms with Crippen LogP contribution in [0.4, 0.5) is 0 Å². The maximum atomic E-state index is 12.8. The summed E-state index contributed by atoms with van der Waals surface area (Å²) < 4.78 is 1.69. The molecule has 0 spiro atoms. The largest absolute Gasteiger partial charge is 0.295 e. The predicted octanol–water partition coefficient (Wildman–Crippen LogP) is 2.96. The molecule has 0 amide bonds. The second-order valence-corrected chi connectivity index (χ2v) is 5.35. The van der Waals surface area contributed by atoms with Crippen LogP contribution in [0, 0.1) is 6.92 Å². The number of benzene rings is 2. The van der Waals surface area contributed by atoms with Crippen LogP contribution in [0.25, 0.3) is 5.69 Å². The molecule has 4 heteroatoms. The first-order chi connectivity index (χ1) is 10.7. The smallest absolute Gasteiger partial charge is 0.214 e. The molecule has 0 N–H and O–H groups in total. The highest BCUT2D eigenvalue weighted by Gasteiger charge is 2.33. The topological polar surface area (TPSA) is 52.0 Å². The lowest BCUT2D eigenvalue weighted by atomic mass is 9.90. The highest BCUT2D eigenvalue weighted by molar-refractivity contribution is 6.27. The summed E-state index contributed by atoms with van der Waals surface area (Å²) in [5.74, 6) is -0.362. The van der Waals surface area contributed by atoms with Gasteiger partial charge in [0.1, 0.15) is 17.7 Å². The maximum Gasteiger partial charge on any atom is 0.214 e. The van der Waals surface area contributed by atoms with Crippen LogP contribution in [0.1, 0.15) is 37.7 Å². The number of ketones is 2. The molecule has 0 unspecified atom stereocenters. The first kappa shape index (κ1) is 12.7. The Balaban J connectivity index is 1.94. The van der Waals surface area contributed by atoms with Gasteiger partial charge in [-0.3, -0.25) is 14.2 Å².